The molecule has 170 valence electrons. The molecule has 5 atom stereocenters. The van der Waals surface area contributed by atoms with Crippen LogP contribution in [0.3, 0.4) is 0 Å². The van der Waals surface area contributed by atoms with Gasteiger partial charge in [-0.2, -0.15) is 0 Å². The number of aliphatic hydroxyl groups is 1. The molecule has 30 heavy (non-hydrogen) atoms. The Labute approximate surface area is 170 Å². The molecule has 9 N–H and O–H groups in total. The third-order valence-corrected chi connectivity index (χ3v) is 3.81. The molecule has 14 heteroatoms. The van der Waals surface area contributed by atoms with Crippen LogP contribution < -0.4 is 21.7 Å². The number of aliphatic carboxylic acids is 3. The van der Waals surface area contributed by atoms with Gasteiger partial charge in [-0.05, 0) is 20.3 Å². The fourth-order valence-electron chi connectivity index (χ4n) is 2.14. The zero-order valence-electron chi connectivity index (χ0n) is 16.3. The van der Waals surface area contributed by atoms with Crippen LogP contribution in [-0.2, 0) is 28.8 Å². The highest BCUT2D eigenvalue weighted by molar-refractivity contribution is 5.94. The number of nitrogens with one attached hydrogen (secondary N) is 3. The Morgan fingerprint density at radius 2 is 1.40 bits per heavy atom. The number of carboxylic acid groups (broad SMARTS) is 3. The van der Waals surface area contributed by atoms with Gasteiger partial charge in [-0.3, -0.25) is 24.0 Å². The van der Waals surface area contributed by atoms with E-state index in [0.717, 1.165) is 6.92 Å². The minimum absolute atomic E-state index is 0.382. The predicted molar refractivity (Wildman–Crippen MR) is 97.9 cm³/mol. The fraction of sp³-hybridized carbons (Fsp3) is 0.625. The lowest BCUT2D eigenvalue weighted by atomic mass is 10.1. The third kappa shape index (κ3) is 9.79. The van der Waals surface area contributed by atoms with Crippen molar-refractivity contribution in [3.63, 3.8) is 0 Å². The molecule has 0 aliphatic carbocycles. The molecular weight excluding hydrogens is 408 g/mol. The molecule has 0 rings (SSSR count). The van der Waals surface area contributed by atoms with E-state index in [1.54, 1.807) is 0 Å². The van der Waals surface area contributed by atoms with Crippen molar-refractivity contribution in [2.75, 3.05) is 0 Å². The molecule has 0 aliphatic heterocycles. The van der Waals surface area contributed by atoms with Crippen molar-refractivity contribution in [2.24, 2.45) is 5.73 Å². The summed E-state index contributed by atoms with van der Waals surface area (Å²) in [5.74, 6) is -7.08. The first-order valence-electron chi connectivity index (χ1n) is 8.77. The monoisotopic (exact) mass is 434 g/mol. The minimum atomic E-state index is -1.63. The van der Waals surface area contributed by atoms with Gasteiger partial charge in [0.05, 0.1) is 18.6 Å². The molecule has 0 aromatic rings. The maximum absolute atomic E-state index is 12.4. The molecule has 0 saturated carbocycles. The Hall–Kier alpha value is -3.26. The van der Waals surface area contributed by atoms with E-state index < -0.39 is 78.7 Å². The van der Waals surface area contributed by atoms with Crippen molar-refractivity contribution in [1.29, 1.82) is 0 Å². The average Bonchev–Trinajstić information content (AvgIpc) is 2.60. The Kier molecular flexibility index (Phi) is 11.0. The fourth-order valence-corrected chi connectivity index (χ4v) is 2.14. The van der Waals surface area contributed by atoms with Gasteiger partial charge in [-0.15, -0.1) is 0 Å². The Balaban J connectivity index is 5.15. The van der Waals surface area contributed by atoms with Crippen LogP contribution in [0.25, 0.3) is 0 Å². The van der Waals surface area contributed by atoms with Gasteiger partial charge in [0.15, 0.2) is 6.04 Å². The summed E-state index contributed by atoms with van der Waals surface area (Å²) >= 11 is 0. The summed E-state index contributed by atoms with van der Waals surface area (Å²) in [6.07, 6.45) is -3.07. The maximum atomic E-state index is 12.4. The van der Waals surface area contributed by atoms with E-state index in [4.69, 9.17) is 21.1 Å². The number of amides is 3. The standard InChI is InChI=1S/C16H26N4O10/c1-6(13(26)20-12(7(2)21)16(29)30)18-15(28)9(3-4-10(22)23)19-14(27)8(17)5-11(24)25/h6-9,12,21H,3-5,17H2,1-2H3,(H,18,28)(H,19,27)(H,20,26)(H,22,23)(H,24,25)(H,29,30). The van der Waals surface area contributed by atoms with Gasteiger partial charge in [0.2, 0.25) is 17.7 Å². The number of rotatable bonds is 13. The zero-order valence-corrected chi connectivity index (χ0v) is 16.3. The van der Waals surface area contributed by atoms with Gasteiger partial charge in [0, 0.05) is 6.42 Å². The van der Waals surface area contributed by atoms with Crippen molar-refractivity contribution in [2.45, 2.75) is 63.4 Å². The summed E-state index contributed by atoms with van der Waals surface area (Å²) < 4.78 is 0. The van der Waals surface area contributed by atoms with Crippen molar-refractivity contribution >= 4 is 35.6 Å². The Morgan fingerprint density at radius 1 is 0.833 bits per heavy atom. The first-order chi connectivity index (χ1) is 13.8. The Bertz CT molecular complexity index is 681. The second-order valence-electron chi connectivity index (χ2n) is 6.49. The number of hydrogen-bond donors (Lipinski definition) is 8. The quantitative estimate of drug-likeness (QED) is 0.142. The predicted octanol–water partition coefficient (Wildman–Crippen LogP) is -3.41. The minimum Gasteiger partial charge on any atom is -0.481 e. The first kappa shape index (κ1) is 26.7. The van der Waals surface area contributed by atoms with Crippen molar-refractivity contribution in [3.8, 4) is 0 Å². The molecule has 5 unspecified atom stereocenters. The first-order valence-corrected chi connectivity index (χ1v) is 8.77. The molecule has 0 fully saturated rings. The van der Waals surface area contributed by atoms with E-state index >= 15 is 0 Å². The van der Waals surface area contributed by atoms with Crippen LogP contribution in [0.1, 0.15) is 33.1 Å². The highest BCUT2D eigenvalue weighted by atomic mass is 16.4. The van der Waals surface area contributed by atoms with Crippen LogP contribution in [0.5, 0.6) is 0 Å². The van der Waals surface area contributed by atoms with Gasteiger partial charge in [-0.1, -0.05) is 0 Å². The second kappa shape index (κ2) is 12.3. The van der Waals surface area contributed by atoms with Crippen molar-refractivity contribution in [1.82, 2.24) is 16.0 Å². The van der Waals surface area contributed by atoms with Crippen molar-refractivity contribution in [3.05, 3.63) is 0 Å². The van der Waals surface area contributed by atoms with Gasteiger partial charge in [-0.25, -0.2) is 4.79 Å². The Morgan fingerprint density at radius 3 is 1.83 bits per heavy atom. The third-order valence-electron chi connectivity index (χ3n) is 3.81. The zero-order chi connectivity index (χ0) is 23.6. The summed E-state index contributed by atoms with van der Waals surface area (Å²) in [6.45, 7) is 2.33. The normalized spacial score (nSPS) is 15.6. The molecule has 0 radical (unpaired) electrons. The van der Waals surface area contributed by atoms with Gasteiger partial charge >= 0.3 is 17.9 Å². The molecule has 0 aromatic heterocycles. The largest absolute Gasteiger partial charge is 0.481 e. The second-order valence-corrected chi connectivity index (χ2v) is 6.49. The smallest absolute Gasteiger partial charge is 0.328 e. The van der Waals surface area contributed by atoms with Crippen LogP contribution >= 0.6 is 0 Å². The summed E-state index contributed by atoms with van der Waals surface area (Å²) in [6, 6.07) is -5.88. The highest BCUT2D eigenvalue weighted by Gasteiger charge is 2.30. The van der Waals surface area contributed by atoms with Crippen molar-refractivity contribution < 1.29 is 49.2 Å². The van der Waals surface area contributed by atoms with Crippen LogP contribution in [0.2, 0.25) is 0 Å². The maximum Gasteiger partial charge on any atom is 0.328 e. The van der Waals surface area contributed by atoms with E-state index in [-0.39, 0.29) is 6.42 Å². The van der Waals surface area contributed by atoms with Crippen LogP contribution in [0.15, 0.2) is 0 Å². The molecule has 0 heterocycles. The highest BCUT2D eigenvalue weighted by Crippen LogP contribution is 2.02. The average molecular weight is 434 g/mol. The molecule has 0 aromatic carbocycles. The van der Waals surface area contributed by atoms with E-state index in [2.05, 4.69) is 10.6 Å². The van der Waals surface area contributed by atoms with E-state index in [1.807, 2.05) is 5.32 Å². The molecule has 14 nitrogen and oxygen atoms in total. The number of carbonyl (C=O) groups is 6. The van der Waals surface area contributed by atoms with E-state index in [1.165, 1.54) is 6.92 Å². The lowest BCUT2D eigenvalue weighted by Gasteiger charge is -2.23. The van der Waals surface area contributed by atoms with Gasteiger partial charge in [0.25, 0.3) is 0 Å². The summed E-state index contributed by atoms with van der Waals surface area (Å²) in [4.78, 5) is 68.8. The molecule has 0 saturated heterocycles. The van der Waals surface area contributed by atoms with E-state index in [9.17, 15) is 33.9 Å². The van der Waals surface area contributed by atoms with Crippen LogP contribution in [0.4, 0.5) is 0 Å². The van der Waals surface area contributed by atoms with Gasteiger partial charge in [0.1, 0.15) is 12.1 Å². The number of carbonyl (C=O) groups excluding carboxylic acids is 3. The number of carboxylic acids is 3. The van der Waals surface area contributed by atoms with E-state index in [0.29, 0.717) is 0 Å². The summed E-state index contributed by atoms with van der Waals surface area (Å²) in [5.41, 5.74) is 5.40. The van der Waals surface area contributed by atoms with Crippen LogP contribution in [-0.4, -0.2) is 86.3 Å². The molecule has 0 aliphatic rings. The lowest BCUT2D eigenvalue weighted by molar-refractivity contribution is -0.145. The number of nitrogens with two attached hydrogens (primary N) is 1. The number of hydrogen-bond acceptors (Lipinski definition) is 8. The molecule has 0 bridgehead atoms. The summed E-state index contributed by atoms with van der Waals surface area (Å²) in [5, 5.41) is 42.1. The van der Waals surface area contributed by atoms with Crippen LogP contribution in [0, 0.1) is 0 Å². The summed E-state index contributed by atoms with van der Waals surface area (Å²) in [7, 11) is 0. The molecule has 3 amide bonds. The molecular formula is C16H26N4O10. The van der Waals surface area contributed by atoms with Gasteiger partial charge < -0.3 is 42.1 Å². The number of aliphatic hydroxyl groups excluding tert-OH is 1. The topological polar surface area (TPSA) is 245 Å². The lowest BCUT2D eigenvalue weighted by Crippen LogP contribution is -2.57. The molecule has 0 spiro atoms. The SMILES string of the molecule is CC(NC(=O)C(CCC(=O)O)NC(=O)C(N)CC(=O)O)C(=O)NC(C(=O)O)C(C)O.